The minimum absolute atomic E-state index is 0.0375. The molecular formula is C21H22Cl2N2O5S2. The van der Waals surface area contributed by atoms with Crippen molar-refractivity contribution in [1.82, 2.24) is 9.62 Å². The monoisotopic (exact) mass is 516 g/mol. The van der Waals surface area contributed by atoms with E-state index in [0.717, 1.165) is 0 Å². The highest BCUT2D eigenvalue weighted by molar-refractivity contribution is 7.92. The summed E-state index contributed by atoms with van der Waals surface area (Å²) in [6, 6.07) is 12.2. The van der Waals surface area contributed by atoms with E-state index in [2.05, 4.69) is 4.72 Å². The van der Waals surface area contributed by atoms with Gasteiger partial charge in [0.15, 0.2) is 9.84 Å². The maximum absolute atomic E-state index is 13.0. The number of rotatable bonds is 6. The molecule has 2 heterocycles. The van der Waals surface area contributed by atoms with Crippen LogP contribution in [0.4, 0.5) is 0 Å². The molecule has 2 unspecified atom stereocenters. The van der Waals surface area contributed by atoms with Crippen LogP contribution in [0.3, 0.4) is 0 Å². The van der Waals surface area contributed by atoms with Crippen LogP contribution < -0.4 is 4.72 Å². The van der Waals surface area contributed by atoms with Gasteiger partial charge in [0.1, 0.15) is 4.90 Å². The van der Waals surface area contributed by atoms with Gasteiger partial charge >= 0.3 is 0 Å². The number of halogens is 2. The molecule has 1 N–H and O–H groups in total. The van der Waals surface area contributed by atoms with Crippen LogP contribution in [0.1, 0.15) is 25.7 Å². The molecule has 0 radical (unpaired) electrons. The summed E-state index contributed by atoms with van der Waals surface area (Å²) in [5.74, 6) is -0.389. The lowest BCUT2D eigenvalue weighted by Gasteiger charge is -2.38. The quantitative estimate of drug-likeness (QED) is 0.634. The predicted octanol–water partition coefficient (Wildman–Crippen LogP) is 3.27. The molecule has 32 heavy (non-hydrogen) atoms. The van der Waals surface area contributed by atoms with Gasteiger partial charge in [0.25, 0.3) is 0 Å². The van der Waals surface area contributed by atoms with Gasteiger partial charge in [-0.3, -0.25) is 4.79 Å². The fraction of sp³-hybridized carbons (Fsp3) is 0.381. The molecule has 0 saturated carbocycles. The Kier molecular flexibility index (Phi) is 6.57. The van der Waals surface area contributed by atoms with E-state index in [1.807, 2.05) is 0 Å². The van der Waals surface area contributed by atoms with E-state index < -0.39 is 31.7 Å². The Hall–Kier alpha value is -1.65. The van der Waals surface area contributed by atoms with Crippen molar-refractivity contribution in [2.75, 3.05) is 6.54 Å². The number of hydrogen-bond acceptors (Lipinski definition) is 5. The summed E-state index contributed by atoms with van der Waals surface area (Å²) in [6.07, 6.45) is 2.06. The van der Waals surface area contributed by atoms with Crippen molar-refractivity contribution in [3.63, 3.8) is 0 Å². The highest BCUT2D eigenvalue weighted by atomic mass is 35.5. The number of fused-ring (bicyclic) bond motifs is 2. The Morgan fingerprint density at radius 2 is 1.47 bits per heavy atom. The molecule has 2 bridgehead atoms. The van der Waals surface area contributed by atoms with E-state index in [0.29, 0.717) is 25.7 Å². The lowest BCUT2D eigenvalue weighted by molar-refractivity contribution is -0.134. The molecule has 0 aromatic heterocycles. The normalized spacial score (nSPS) is 23.3. The lowest BCUT2D eigenvalue weighted by Crippen LogP contribution is -2.52. The van der Waals surface area contributed by atoms with Gasteiger partial charge in [0.05, 0.1) is 26.7 Å². The van der Waals surface area contributed by atoms with Gasteiger partial charge in [0, 0.05) is 12.1 Å². The van der Waals surface area contributed by atoms with Crippen LogP contribution in [0.5, 0.6) is 0 Å². The molecule has 11 heteroatoms. The van der Waals surface area contributed by atoms with Gasteiger partial charge in [-0.15, -0.1) is 0 Å². The Labute approximate surface area is 197 Å². The Morgan fingerprint density at radius 3 is 2.03 bits per heavy atom. The fourth-order valence-electron chi connectivity index (χ4n) is 4.65. The van der Waals surface area contributed by atoms with Crippen molar-refractivity contribution < 1.29 is 21.6 Å². The first-order valence-electron chi connectivity index (χ1n) is 10.1. The molecular weight excluding hydrogens is 495 g/mol. The zero-order valence-electron chi connectivity index (χ0n) is 16.9. The van der Waals surface area contributed by atoms with Crippen LogP contribution in [-0.4, -0.2) is 51.5 Å². The highest BCUT2D eigenvalue weighted by Crippen LogP contribution is 2.40. The Balaban J connectivity index is 1.46. The summed E-state index contributed by atoms with van der Waals surface area (Å²) in [6.45, 7) is -0.451. The standard InChI is InChI=1S/C21H22Cl2N2O5S2/c22-18-7-4-8-19(23)21(18)32(29,30)24-13-20(26)25-14-9-10-15(25)12-17(11-14)31(27,28)16-5-2-1-3-6-16/h1-8,14-15,17,24H,9-13H2. The molecule has 2 aliphatic rings. The molecule has 2 aliphatic heterocycles. The molecule has 7 nitrogen and oxygen atoms in total. The van der Waals surface area contributed by atoms with Crippen molar-refractivity contribution >= 4 is 49.0 Å². The van der Waals surface area contributed by atoms with Crippen LogP contribution in [-0.2, 0) is 24.7 Å². The van der Waals surface area contributed by atoms with E-state index >= 15 is 0 Å². The van der Waals surface area contributed by atoms with Crippen molar-refractivity contribution in [3.05, 3.63) is 58.6 Å². The molecule has 2 aromatic rings. The van der Waals surface area contributed by atoms with Gasteiger partial charge in [-0.05, 0) is 49.9 Å². The number of amides is 1. The largest absolute Gasteiger partial charge is 0.336 e. The van der Waals surface area contributed by atoms with E-state index in [4.69, 9.17) is 23.2 Å². The van der Waals surface area contributed by atoms with Crippen molar-refractivity contribution in [1.29, 1.82) is 0 Å². The summed E-state index contributed by atoms with van der Waals surface area (Å²) in [5.41, 5.74) is 0. The maximum atomic E-state index is 13.0. The van der Waals surface area contributed by atoms with E-state index in [1.165, 1.54) is 18.2 Å². The molecule has 2 aromatic carbocycles. The molecule has 2 atom stereocenters. The van der Waals surface area contributed by atoms with E-state index in [9.17, 15) is 21.6 Å². The molecule has 2 saturated heterocycles. The zero-order chi connectivity index (χ0) is 23.1. The molecule has 1 amide bonds. The summed E-state index contributed by atoms with van der Waals surface area (Å²) >= 11 is 12.0. The molecule has 172 valence electrons. The second-order valence-corrected chi connectivity index (χ2v) is 12.8. The van der Waals surface area contributed by atoms with Crippen LogP contribution in [0.25, 0.3) is 0 Å². The number of nitrogens with one attached hydrogen (secondary N) is 1. The first kappa shape index (κ1) is 23.5. The second kappa shape index (κ2) is 8.95. The summed E-state index contributed by atoms with van der Waals surface area (Å²) in [7, 11) is -7.59. The van der Waals surface area contributed by atoms with Crippen LogP contribution in [0.15, 0.2) is 58.3 Å². The molecule has 0 aliphatic carbocycles. The SMILES string of the molecule is O=C(CNS(=O)(=O)c1c(Cl)cccc1Cl)N1C2CCC1CC(S(=O)(=O)c1ccccc1)C2. The smallest absolute Gasteiger partial charge is 0.244 e. The van der Waals surface area contributed by atoms with Gasteiger partial charge in [-0.25, -0.2) is 21.6 Å². The first-order valence-corrected chi connectivity index (χ1v) is 13.9. The molecule has 4 rings (SSSR count). The van der Waals surface area contributed by atoms with Crippen molar-refractivity contribution in [2.45, 2.75) is 52.8 Å². The number of hydrogen-bond donors (Lipinski definition) is 1. The number of nitrogens with zero attached hydrogens (tertiary/aromatic N) is 1. The van der Waals surface area contributed by atoms with E-state index in [1.54, 1.807) is 35.2 Å². The van der Waals surface area contributed by atoms with Crippen molar-refractivity contribution in [3.8, 4) is 0 Å². The number of benzene rings is 2. The number of carbonyl (C=O) groups is 1. The Bertz CT molecular complexity index is 1200. The number of sulfone groups is 1. The third-order valence-corrected chi connectivity index (χ3v) is 10.6. The minimum atomic E-state index is -4.10. The number of sulfonamides is 1. The third kappa shape index (κ3) is 4.41. The van der Waals surface area contributed by atoms with Gasteiger partial charge < -0.3 is 4.90 Å². The highest BCUT2D eigenvalue weighted by Gasteiger charge is 2.47. The summed E-state index contributed by atoms with van der Waals surface area (Å²) in [5, 5.41) is -0.640. The Morgan fingerprint density at radius 1 is 0.906 bits per heavy atom. The van der Waals surface area contributed by atoms with Crippen LogP contribution in [0, 0.1) is 0 Å². The fourth-order valence-corrected chi connectivity index (χ4v) is 8.64. The maximum Gasteiger partial charge on any atom is 0.244 e. The lowest BCUT2D eigenvalue weighted by atomic mass is 10.0. The van der Waals surface area contributed by atoms with Gasteiger partial charge in [0.2, 0.25) is 15.9 Å². The van der Waals surface area contributed by atoms with Gasteiger partial charge in [-0.2, -0.15) is 0 Å². The number of carbonyl (C=O) groups excluding carboxylic acids is 1. The molecule has 2 fully saturated rings. The van der Waals surface area contributed by atoms with Crippen LogP contribution in [0.2, 0.25) is 10.0 Å². The third-order valence-electron chi connectivity index (χ3n) is 6.09. The summed E-state index contributed by atoms with van der Waals surface area (Å²) in [4.78, 5) is 14.6. The average molecular weight is 517 g/mol. The molecule has 0 spiro atoms. The topological polar surface area (TPSA) is 101 Å². The first-order chi connectivity index (χ1) is 15.1. The minimum Gasteiger partial charge on any atom is -0.336 e. The van der Waals surface area contributed by atoms with Gasteiger partial charge in [-0.1, -0.05) is 47.5 Å². The predicted molar refractivity (Wildman–Crippen MR) is 122 cm³/mol. The van der Waals surface area contributed by atoms with E-state index in [-0.39, 0.29) is 37.8 Å². The number of piperidine rings is 1. The van der Waals surface area contributed by atoms with Crippen LogP contribution >= 0.6 is 23.2 Å². The average Bonchev–Trinajstić information content (AvgIpc) is 3.01. The zero-order valence-corrected chi connectivity index (χ0v) is 20.1. The summed E-state index contributed by atoms with van der Waals surface area (Å²) < 4.78 is 53.7. The van der Waals surface area contributed by atoms with Crippen molar-refractivity contribution in [2.24, 2.45) is 0 Å². The second-order valence-electron chi connectivity index (χ2n) is 8.01.